The van der Waals surface area contributed by atoms with E-state index >= 15 is 0 Å². The number of carbonyl (C=O) groups excluding carboxylic acids is 3. The summed E-state index contributed by atoms with van der Waals surface area (Å²) in [5.41, 5.74) is 1.56. The van der Waals surface area contributed by atoms with Crippen LogP contribution in [-0.2, 0) is 19.8 Å². The minimum atomic E-state index is -1.29. The van der Waals surface area contributed by atoms with Crippen LogP contribution in [0.25, 0.3) is 0 Å². The number of para-hydroxylation sites is 1. The van der Waals surface area contributed by atoms with Gasteiger partial charge in [-0.25, -0.2) is 0 Å². The molecule has 2 heterocycles. The van der Waals surface area contributed by atoms with Gasteiger partial charge >= 0.3 is 0 Å². The molecule has 0 aromatic heterocycles. The molecule has 2 aliphatic carbocycles. The first kappa shape index (κ1) is 18.3. The first-order chi connectivity index (χ1) is 13.6. The number of ketones is 2. The van der Waals surface area contributed by atoms with Crippen molar-refractivity contribution in [3.05, 3.63) is 52.9 Å². The maximum absolute atomic E-state index is 13.7. The van der Waals surface area contributed by atoms with Gasteiger partial charge < -0.3 is 10.6 Å². The van der Waals surface area contributed by atoms with Gasteiger partial charge in [-0.15, -0.1) is 0 Å². The molecule has 1 aromatic rings. The molecule has 0 saturated heterocycles. The Hall–Kier alpha value is -2.69. The van der Waals surface area contributed by atoms with E-state index in [0.717, 1.165) is 17.0 Å². The van der Waals surface area contributed by atoms with Crippen molar-refractivity contribution in [1.82, 2.24) is 5.32 Å². The summed E-state index contributed by atoms with van der Waals surface area (Å²) in [6.45, 7) is 8.44. The lowest BCUT2D eigenvalue weighted by Crippen LogP contribution is -2.60. The van der Waals surface area contributed by atoms with E-state index in [2.05, 4.69) is 38.3 Å². The van der Waals surface area contributed by atoms with Gasteiger partial charge in [-0.1, -0.05) is 52.0 Å². The summed E-state index contributed by atoms with van der Waals surface area (Å²) < 4.78 is 0. The highest BCUT2D eigenvalue weighted by Gasteiger charge is 2.66. The molecule has 2 atom stereocenters. The molecule has 5 nitrogen and oxygen atoms in total. The molecule has 0 fully saturated rings. The number of hydrogen-bond donors (Lipinski definition) is 2. The number of benzene rings is 1. The van der Waals surface area contributed by atoms with Crippen LogP contribution in [-0.4, -0.2) is 17.5 Å². The number of carbonyl (C=O) groups is 3. The molecular formula is C24H26N2O3. The van der Waals surface area contributed by atoms with Crippen molar-refractivity contribution in [1.29, 1.82) is 0 Å². The molecule has 5 rings (SSSR count). The van der Waals surface area contributed by atoms with Gasteiger partial charge in [0, 0.05) is 40.9 Å². The molecular weight excluding hydrogens is 364 g/mol. The fourth-order valence-corrected chi connectivity index (χ4v) is 5.64. The third kappa shape index (κ3) is 2.03. The van der Waals surface area contributed by atoms with Crippen LogP contribution in [0.2, 0.25) is 0 Å². The molecule has 0 saturated carbocycles. The Labute approximate surface area is 170 Å². The van der Waals surface area contributed by atoms with Crippen LogP contribution in [0.4, 0.5) is 5.69 Å². The molecule has 1 amide bonds. The predicted octanol–water partition coefficient (Wildman–Crippen LogP) is 3.62. The number of anilines is 1. The van der Waals surface area contributed by atoms with Crippen LogP contribution in [0.3, 0.4) is 0 Å². The summed E-state index contributed by atoms with van der Waals surface area (Å²) >= 11 is 0. The summed E-state index contributed by atoms with van der Waals surface area (Å²) in [4.78, 5) is 40.5. The fourth-order valence-electron chi connectivity index (χ4n) is 5.64. The Kier molecular flexibility index (Phi) is 3.46. The number of rotatable bonds is 0. The third-order valence-electron chi connectivity index (χ3n) is 7.89. The zero-order valence-corrected chi connectivity index (χ0v) is 17.3. The summed E-state index contributed by atoms with van der Waals surface area (Å²) in [5.74, 6) is -0.965. The zero-order chi connectivity index (χ0) is 20.8. The van der Waals surface area contributed by atoms with E-state index in [9.17, 15) is 14.4 Å². The summed E-state index contributed by atoms with van der Waals surface area (Å²) in [6.07, 6.45) is 3.42. The van der Waals surface area contributed by atoms with Crippen molar-refractivity contribution in [2.45, 2.75) is 52.4 Å². The minimum Gasteiger partial charge on any atom is -0.361 e. The smallest absolute Gasteiger partial charge is 0.240 e. The van der Waals surface area contributed by atoms with Crippen molar-refractivity contribution in [3.63, 3.8) is 0 Å². The van der Waals surface area contributed by atoms with Gasteiger partial charge in [-0.3, -0.25) is 14.4 Å². The predicted molar refractivity (Wildman–Crippen MR) is 110 cm³/mol. The summed E-state index contributed by atoms with van der Waals surface area (Å²) in [5, 5.41) is 6.47. The largest absolute Gasteiger partial charge is 0.361 e. The first-order valence-electron chi connectivity index (χ1n) is 10.3. The maximum Gasteiger partial charge on any atom is 0.240 e. The van der Waals surface area contributed by atoms with E-state index in [1.165, 1.54) is 0 Å². The Balaban J connectivity index is 1.92. The van der Waals surface area contributed by atoms with Crippen LogP contribution in [0.1, 0.15) is 52.5 Å². The summed E-state index contributed by atoms with van der Waals surface area (Å²) in [6, 6.07) is 7.48. The van der Waals surface area contributed by atoms with E-state index in [-0.39, 0.29) is 28.3 Å². The first-order valence-corrected chi connectivity index (χ1v) is 10.3. The monoisotopic (exact) mass is 390 g/mol. The second-order valence-electron chi connectivity index (χ2n) is 9.89. The topological polar surface area (TPSA) is 75.3 Å². The van der Waals surface area contributed by atoms with Crippen LogP contribution >= 0.6 is 0 Å². The quantitative estimate of drug-likeness (QED) is 0.709. The van der Waals surface area contributed by atoms with Gasteiger partial charge in [-0.05, 0) is 23.5 Å². The highest BCUT2D eigenvalue weighted by molar-refractivity contribution is 6.19. The van der Waals surface area contributed by atoms with E-state index in [4.69, 9.17) is 0 Å². The van der Waals surface area contributed by atoms with Crippen LogP contribution in [0, 0.1) is 16.7 Å². The third-order valence-corrected chi connectivity index (χ3v) is 7.89. The van der Waals surface area contributed by atoms with E-state index in [1.807, 2.05) is 30.3 Å². The van der Waals surface area contributed by atoms with Gasteiger partial charge in [-0.2, -0.15) is 0 Å². The standard InChI is InChI=1S/C24H26N2O3/c1-22(2)12-17(28)19-20(23(22,3)4)25-15-10-7-11-16(27)18(15)24(19)13-8-5-6-9-14(13)26-21(24)29/h5-6,8-10,18,25H,7,11-12H2,1-4H3,(H,26,29). The highest BCUT2D eigenvalue weighted by atomic mass is 16.2. The Morgan fingerprint density at radius 2 is 1.72 bits per heavy atom. The average molecular weight is 390 g/mol. The van der Waals surface area contributed by atoms with Crippen LogP contribution < -0.4 is 10.6 Å². The lowest BCUT2D eigenvalue weighted by Gasteiger charge is -2.54. The SMILES string of the molecule is CC1(C)CC(=O)C2=C(NC3=CCCC(=O)C3C23C(=O)Nc2ccccc23)C1(C)C. The minimum absolute atomic E-state index is 0.0174. The number of allylic oxidation sites excluding steroid dienone is 3. The molecule has 2 unspecified atom stereocenters. The van der Waals surface area contributed by atoms with Crippen molar-refractivity contribution in [2.24, 2.45) is 16.7 Å². The molecule has 2 N–H and O–H groups in total. The average Bonchev–Trinajstić information content (AvgIpc) is 2.92. The number of hydrogen-bond acceptors (Lipinski definition) is 4. The van der Waals surface area contributed by atoms with Crippen molar-refractivity contribution < 1.29 is 14.4 Å². The molecule has 0 bridgehead atoms. The molecule has 1 spiro atoms. The lowest BCUT2D eigenvalue weighted by molar-refractivity contribution is -0.133. The molecule has 4 aliphatic rings. The fraction of sp³-hybridized carbons (Fsp3) is 0.458. The van der Waals surface area contributed by atoms with Crippen molar-refractivity contribution >= 4 is 23.2 Å². The maximum atomic E-state index is 13.7. The van der Waals surface area contributed by atoms with Crippen LogP contribution in [0.15, 0.2) is 47.3 Å². The van der Waals surface area contributed by atoms with Gasteiger partial charge in [0.2, 0.25) is 5.91 Å². The van der Waals surface area contributed by atoms with E-state index in [1.54, 1.807) is 0 Å². The molecule has 150 valence electrons. The van der Waals surface area contributed by atoms with E-state index in [0.29, 0.717) is 30.5 Å². The Morgan fingerprint density at radius 1 is 1.00 bits per heavy atom. The Bertz CT molecular complexity index is 1060. The molecule has 29 heavy (non-hydrogen) atoms. The van der Waals surface area contributed by atoms with Crippen LogP contribution in [0.5, 0.6) is 0 Å². The van der Waals surface area contributed by atoms with Gasteiger partial charge in [0.1, 0.15) is 11.2 Å². The molecule has 2 aliphatic heterocycles. The Morgan fingerprint density at radius 3 is 2.48 bits per heavy atom. The molecule has 5 heteroatoms. The summed E-state index contributed by atoms with van der Waals surface area (Å²) in [7, 11) is 0. The molecule has 0 radical (unpaired) electrons. The van der Waals surface area contributed by atoms with Crippen molar-refractivity contribution in [3.8, 4) is 0 Å². The van der Waals surface area contributed by atoms with Crippen molar-refractivity contribution in [2.75, 3.05) is 5.32 Å². The second kappa shape index (κ2) is 5.47. The number of fused-ring (bicyclic) bond motifs is 5. The second-order valence-corrected chi connectivity index (χ2v) is 9.89. The normalized spacial score (nSPS) is 31.5. The van der Waals surface area contributed by atoms with E-state index < -0.39 is 11.3 Å². The zero-order valence-electron chi connectivity index (χ0n) is 17.3. The number of Topliss-reactive ketones (excluding diaryl/α,β-unsaturated/α-hetero) is 2. The van der Waals surface area contributed by atoms with Gasteiger partial charge in [0.05, 0.1) is 5.92 Å². The molecule has 1 aromatic carbocycles. The highest BCUT2D eigenvalue weighted by Crippen LogP contribution is 2.61. The van der Waals surface area contributed by atoms with Gasteiger partial charge in [0.25, 0.3) is 0 Å². The number of amides is 1. The number of nitrogens with one attached hydrogen (secondary N) is 2. The lowest BCUT2D eigenvalue weighted by atomic mass is 9.50. The van der Waals surface area contributed by atoms with Gasteiger partial charge in [0.15, 0.2) is 5.78 Å².